The standard InChI is InChI=1S/C21H27N5O/c27-21(26-15-13-25(14-16-26)20-7-3-4-10-22-20)19-9-8-18(17-23-19)24-11-5-1-2-6-12-24/h3-4,7-10,17H,1-2,5-6,11-16H2. The number of nitrogens with zero attached hydrogens (tertiary/aromatic N) is 5. The van der Waals surface area contributed by atoms with Crippen molar-refractivity contribution in [1.82, 2.24) is 14.9 Å². The van der Waals surface area contributed by atoms with Gasteiger partial charge in [-0.15, -0.1) is 0 Å². The fraction of sp³-hybridized carbons (Fsp3) is 0.476. The summed E-state index contributed by atoms with van der Waals surface area (Å²) in [6.07, 6.45) is 8.77. The lowest BCUT2D eigenvalue weighted by Crippen LogP contribution is -2.49. The summed E-state index contributed by atoms with van der Waals surface area (Å²) < 4.78 is 0. The summed E-state index contributed by atoms with van der Waals surface area (Å²) >= 11 is 0. The molecule has 0 aromatic carbocycles. The average Bonchev–Trinajstić information content (AvgIpc) is 3.04. The van der Waals surface area contributed by atoms with Crippen LogP contribution in [-0.4, -0.2) is 60.0 Å². The second-order valence-electron chi connectivity index (χ2n) is 7.27. The largest absolute Gasteiger partial charge is 0.370 e. The van der Waals surface area contributed by atoms with Crippen molar-refractivity contribution in [3.63, 3.8) is 0 Å². The first-order valence-corrected chi connectivity index (χ1v) is 9.97. The van der Waals surface area contributed by atoms with Gasteiger partial charge < -0.3 is 14.7 Å². The number of carbonyl (C=O) groups is 1. The van der Waals surface area contributed by atoms with Gasteiger partial charge in [-0.1, -0.05) is 18.9 Å². The van der Waals surface area contributed by atoms with Crippen LogP contribution in [0.4, 0.5) is 11.5 Å². The van der Waals surface area contributed by atoms with Crippen LogP contribution in [0.2, 0.25) is 0 Å². The minimum atomic E-state index is 0.0260. The number of aromatic nitrogens is 2. The molecule has 2 aromatic rings. The van der Waals surface area contributed by atoms with Gasteiger partial charge in [0.1, 0.15) is 11.5 Å². The number of piperazine rings is 1. The molecule has 1 amide bonds. The third kappa shape index (κ3) is 4.21. The van der Waals surface area contributed by atoms with E-state index in [0.29, 0.717) is 18.8 Å². The maximum Gasteiger partial charge on any atom is 0.272 e. The lowest BCUT2D eigenvalue weighted by Gasteiger charge is -2.35. The highest BCUT2D eigenvalue weighted by molar-refractivity contribution is 5.92. The van der Waals surface area contributed by atoms with E-state index in [1.54, 1.807) is 0 Å². The smallest absolute Gasteiger partial charge is 0.272 e. The first-order chi connectivity index (χ1) is 13.3. The van der Waals surface area contributed by atoms with E-state index in [1.165, 1.54) is 25.7 Å². The predicted octanol–water partition coefficient (Wildman–Crippen LogP) is 2.82. The van der Waals surface area contributed by atoms with E-state index in [1.807, 2.05) is 41.6 Å². The van der Waals surface area contributed by atoms with Gasteiger partial charge in [0.2, 0.25) is 0 Å². The van der Waals surface area contributed by atoms with Gasteiger partial charge in [-0.2, -0.15) is 0 Å². The lowest BCUT2D eigenvalue weighted by molar-refractivity contribution is 0.0740. The van der Waals surface area contributed by atoms with Crippen molar-refractivity contribution in [2.75, 3.05) is 49.1 Å². The van der Waals surface area contributed by atoms with Crippen LogP contribution in [0.15, 0.2) is 42.7 Å². The molecule has 0 N–H and O–H groups in total. The molecule has 2 aliphatic heterocycles. The Bertz CT molecular complexity index is 733. The maximum atomic E-state index is 12.8. The second-order valence-corrected chi connectivity index (χ2v) is 7.27. The summed E-state index contributed by atoms with van der Waals surface area (Å²) in [5.74, 6) is 1.00. The van der Waals surface area contributed by atoms with Crippen LogP contribution in [0.3, 0.4) is 0 Å². The van der Waals surface area contributed by atoms with Crippen molar-refractivity contribution in [2.45, 2.75) is 25.7 Å². The van der Waals surface area contributed by atoms with Crippen LogP contribution in [0.1, 0.15) is 36.2 Å². The summed E-state index contributed by atoms with van der Waals surface area (Å²) in [5.41, 5.74) is 1.67. The predicted molar refractivity (Wildman–Crippen MR) is 107 cm³/mol. The van der Waals surface area contributed by atoms with Crippen molar-refractivity contribution < 1.29 is 4.79 Å². The third-order valence-electron chi connectivity index (χ3n) is 5.48. The van der Waals surface area contributed by atoms with Gasteiger partial charge in [-0.05, 0) is 37.1 Å². The van der Waals surface area contributed by atoms with Gasteiger partial charge in [-0.3, -0.25) is 4.79 Å². The summed E-state index contributed by atoms with van der Waals surface area (Å²) in [6, 6.07) is 9.86. The number of amides is 1. The number of anilines is 2. The van der Waals surface area contributed by atoms with Gasteiger partial charge in [0.15, 0.2) is 0 Å². The monoisotopic (exact) mass is 365 g/mol. The van der Waals surface area contributed by atoms with Gasteiger partial charge in [-0.25, -0.2) is 9.97 Å². The molecule has 2 saturated heterocycles. The molecule has 0 saturated carbocycles. The van der Waals surface area contributed by atoms with Crippen molar-refractivity contribution in [1.29, 1.82) is 0 Å². The van der Waals surface area contributed by atoms with Crippen LogP contribution in [0, 0.1) is 0 Å². The normalized spacial score (nSPS) is 18.3. The minimum absolute atomic E-state index is 0.0260. The maximum absolute atomic E-state index is 12.8. The lowest BCUT2D eigenvalue weighted by atomic mass is 10.2. The molecule has 2 fully saturated rings. The van der Waals surface area contributed by atoms with Crippen LogP contribution in [0.25, 0.3) is 0 Å². The molecule has 4 heterocycles. The van der Waals surface area contributed by atoms with Crippen molar-refractivity contribution in [2.24, 2.45) is 0 Å². The van der Waals surface area contributed by atoms with Crippen LogP contribution in [0.5, 0.6) is 0 Å². The number of carbonyl (C=O) groups excluding carboxylic acids is 1. The summed E-state index contributed by atoms with van der Waals surface area (Å²) in [5, 5.41) is 0. The number of rotatable bonds is 3. The Hall–Kier alpha value is -2.63. The van der Waals surface area contributed by atoms with E-state index in [0.717, 1.165) is 37.7 Å². The molecule has 0 spiro atoms. The first-order valence-electron chi connectivity index (χ1n) is 9.97. The molecule has 27 heavy (non-hydrogen) atoms. The van der Waals surface area contributed by atoms with E-state index in [2.05, 4.69) is 25.8 Å². The Kier molecular flexibility index (Phi) is 5.51. The SMILES string of the molecule is O=C(c1ccc(N2CCCCCC2)cn1)N1CCN(c2ccccn2)CC1. The molecular formula is C21H27N5O. The van der Waals surface area contributed by atoms with Gasteiger partial charge >= 0.3 is 0 Å². The number of hydrogen-bond acceptors (Lipinski definition) is 5. The highest BCUT2D eigenvalue weighted by Crippen LogP contribution is 2.20. The Balaban J connectivity index is 1.36. The molecule has 4 rings (SSSR count). The second kappa shape index (κ2) is 8.37. The summed E-state index contributed by atoms with van der Waals surface area (Å²) in [7, 11) is 0. The average molecular weight is 365 g/mol. The molecule has 0 bridgehead atoms. The molecule has 0 unspecified atom stereocenters. The first kappa shape index (κ1) is 17.8. The van der Waals surface area contributed by atoms with Crippen LogP contribution < -0.4 is 9.80 Å². The quantitative estimate of drug-likeness (QED) is 0.837. The van der Waals surface area contributed by atoms with E-state index < -0.39 is 0 Å². The summed E-state index contributed by atoms with van der Waals surface area (Å²) in [6.45, 7) is 5.17. The van der Waals surface area contributed by atoms with Crippen molar-refractivity contribution in [3.8, 4) is 0 Å². The molecule has 2 aromatic heterocycles. The van der Waals surface area contributed by atoms with Crippen molar-refractivity contribution in [3.05, 3.63) is 48.4 Å². The van der Waals surface area contributed by atoms with Crippen LogP contribution >= 0.6 is 0 Å². The summed E-state index contributed by atoms with van der Waals surface area (Å²) in [4.78, 5) is 28.2. The Morgan fingerprint density at radius 1 is 0.778 bits per heavy atom. The van der Waals surface area contributed by atoms with E-state index in [-0.39, 0.29) is 5.91 Å². The zero-order valence-electron chi connectivity index (χ0n) is 15.8. The molecule has 0 aliphatic carbocycles. The zero-order chi connectivity index (χ0) is 18.5. The number of hydrogen-bond donors (Lipinski definition) is 0. The van der Waals surface area contributed by atoms with Crippen molar-refractivity contribution >= 4 is 17.4 Å². The minimum Gasteiger partial charge on any atom is -0.370 e. The third-order valence-corrected chi connectivity index (χ3v) is 5.48. The topological polar surface area (TPSA) is 52.6 Å². The molecule has 0 atom stereocenters. The van der Waals surface area contributed by atoms with Gasteiger partial charge in [0.25, 0.3) is 5.91 Å². The molecule has 142 valence electrons. The highest BCUT2D eigenvalue weighted by Gasteiger charge is 2.23. The molecule has 0 radical (unpaired) electrons. The molecule has 6 heteroatoms. The Labute approximate surface area is 160 Å². The number of pyridine rings is 2. The van der Waals surface area contributed by atoms with Gasteiger partial charge in [0.05, 0.1) is 11.9 Å². The highest BCUT2D eigenvalue weighted by atomic mass is 16.2. The van der Waals surface area contributed by atoms with Crippen LogP contribution in [-0.2, 0) is 0 Å². The molecule has 6 nitrogen and oxygen atoms in total. The van der Waals surface area contributed by atoms with E-state index in [4.69, 9.17) is 0 Å². The molecular weight excluding hydrogens is 338 g/mol. The Morgan fingerprint density at radius 2 is 1.56 bits per heavy atom. The Morgan fingerprint density at radius 3 is 2.19 bits per heavy atom. The fourth-order valence-corrected chi connectivity index (χ4v) is 3.87. The fourth-order valence-electron chi connectivity index (χ4n) is 3.87. The van der Waals surface area contributed by atoms with Gasteiger partial charge in [0, 0.05) is 45.5 Å². The molecule has 2 aliphatic rings. The van der Waals surface area contributed by atoms with E-state index in [9.17, 15) is 4.79 Å². The van der Waals surface area contributed by atoms with E-state index >= 15 is 0 Å². The zero-order valence-corrected chi connectivity index (χ0v) is 15.8.